The van der Waals surface area contributed by atoms with Crippen LogP contribution in [-0.4, -0.2) is 14.8 Å². The normalized spacial score (nSPS) is 12.4. The number of fused-ring (bicyclic) bond motifs is 2. The van der Waals surface area contributed by atoms with Gasteiger partial charge in [-0.3, -0.25) is 9.67 Å². The molecule has 0 N–H and O–H groups in total. The first-order valence-corrected chi connectivity index (χ1v) is 7.64. The molecule has 0 atom stereocenters. The Labute approximate surface area is 125 Å². The maximum atomic E-state index is 11.1. The summed E-state index contributed by atoms with van der Waals surface area (Å²) < 4.78 is 2.01. The van der Waals surface area contributed by atoms with Crippen LogP contribution in [0.15, 0.2) is 45.6 Å². The van der Waals surface area contributed by atoms with Crippen molar-refractivity contribution in [3.05, 3.63) is 35.5 Å². The van der Waals surface area contributed by atoms with E-state index in [1.165, 1.54) is 0 Å². The standard InChI is InChI=1S/C15H12N4OS/c1-2-7-19-11-4-3-10(18-20)15-13(11)14(17-19)9-8-16-6-5-12(9)21-15/h3-6,8H,2,7H2,1H3. The van der Waals surface area contributed by atoms with Gasteiger partial charge in [-0.1, -0.05) is 18.7 Å². The van der Waals surface area contributed by atoms with Crippen LogP contribution in [0.25, 0.3) is 22.2 Å². The molecular formula is C15H12N4OS. The number of nitroso groups, excluding NO2 is 1. The van der Waals surface area contributed by atoms with Gasteiger partial charge in [0.05, 0.1) is 10.4 Å². The van der Waals surface area contributed by atoms with E-state index >= 15 is 0 Å². The average molecular weight is 296 g/mol. The second-order valence-corrected chi connectivity index (χ2v) is 6.00. The quantitative estimate of drug-likeness (QED) is 0.527. The number of hydrogen-bond donors (Lipinski definition) is 0. The molecule has 1 aliphatic heterocycles. The van der Waals surface area contributed by atoms with Crippen molar-refractivity contribution in [3.63, 3.8) is 0 Å². The molecule has 21 heavy (non-hydrogen) atoms. The summed E-state index contributed by atoms with van der Waals surface area (Å²) in [5, 5.41) is 8.94. The molecule has 5 nitrogen and oxygen atoms in total. The van der Waals surface area contributed by atoms with Crippen LogP contribution in [0.5, 0.6) is 0 Å². The maximum absolute atomic E-state index is 11.1. The fraction of sp³-hybridized carbons (Fsp3) is 0.200. The topological polar surface area (TPSA) is 60.1 Å². The van der Waals surface area contributed by atoms with Gasteiger partial charge >= 0.3 is 0 Å². The van der Waals surface area contributed by atoms with Crippen molar-refractivity contribution >= 4 is 28.4 Å². The summed E-state index contributed by atoms with van der Waals surface area (Å²) in [4.78, 5) is 17.3. The number of rotatable bonds is 3. The largest absolute Gasteiger partial charge is 0.264 e. The van der Waals surface area contributed by atoms with E-state index in [1.807, 2.05) is 23.0 Å². The highest BCUT2D eigenvalue weighted by atomic mass is 32.2. The Morgan fingerprint density at radius 2 is 2.24 bits per heavy atom. The first-order valence-electron chi connectivity index (χ1n) is 6.82. The first-order chi connectivity index (χ1) is 10.3. The zero-order valence-electron chi connectivity index (χ0n) is 11.4. The highest BCUT2D eigenvalue weighted by Gasteiger charge is 2.26. The Morgan fingerprint density at radius 3 is 3.05 bits per heavy atom. The second kappa shape index (κ2) is 4.66. The zero-order valence-corrected chi connectivity index (χ0v) is 12.2. The summed E-state index contributed by atoms with van der Waals surface area (Å²) in [6.07, 6.45) is 4.60. The Kier molecular flexibility index (Phi) is 2.78. The Bertz CT molecular complexity index is 871. The molecule has 104 valence electrons. The molecule has 4 rings (SSSR count). The Morgan fingerprint density at radius 1 is 1.33 bits per heavy atom. The summed E-state index contributed by atoms with van der Waals surface area (Å²) in [5.74, 6) is 0. The van der Waals surface area contributed by atoms with Crippen LogP contribution in [0.3, 0.4) is 0 Å². The molecule has 0 amide bonds. The van der Waals surface area contributed by atoms with Crippen LogP contribution >= 0.6 is 11.8 Å². The predicted octanol–water partition coefficient (Wildman–Crippen LogP) is 4.37. The predicted molar refractivity (Wildman–Crippen MR) is 82.8 cm³/mol. The van der Waals surface area contributed by atoms with Gasteiger partial charge in [0.15, 0.2) is 0 Å². The van der Waals surface area contributed by atoms with Gasteiger partial charge in [-0.15, -0.1) is 4.91 Å². The van der Waals surface area contributed by atoms with Gasteiger partial charge in [-0.2, -0.15) is 5.10 Å². The summed E-state index contributed by atoms with van der Waals surface area (Å²) in [6.45, 7) is 2.98. The lowest BCUT2D eigenvalue weighted by atomic mass is 10.1. The van der Waals surface area contributed by atoms with Gasteiger partial charge in [0.2, 0.25) is 0 Å². The minimum Gasteiger partial charge on any atom is -0.264 e. The van der Waals surface area contributed by atoms with Crippen molar-refractivity contribution in [1.29, 1.82) is 0 Å². The van der Waals surface area contributed by atoms with Crippen molar-refractivity contribution in [2.75, 3.05) is 0 Å². The van der Waals surface area contributed by atoms with Crippen LogP contribution < -0.4 is 0 Å². The molecule has 0 spiro atoms. The van der Waals surface area contributed by atoms with E-state index in [0.29, 0.717) is 5.69 Å². The van der Waals surface area contributed by atoms with Crippen LogP contribution in [0, 0.1) is 4.91 Å². The molecule has 0 saturated carbocycles. The number of nitrogens with zero attached hydrogens (tertiary/aromatic N) is 4. The van der Waals surface area contributed by atoms with Crippen molar-refractivity contribution < 1.29 is 0 Å². The highest BCUT2D eigenvalue weighted by Crippen LogP contribution is 2.50. The van der Waals surface area contributed by atoms with Crippen molar-refractivity contribution in [3.8, 4) is 11.3 Å². The lowest BCUT2D eigenvalue weighted by Gasteiger charge is -2.14. The van der Waals surface area contributed by atoms with Gasteiger partial charge in [0, 0.05) is 34.8 Å². The lowest BCUT2D eigenvalue weighted by molar-refractivity contribution is 0.624. The first kappa shape index (κ1) is 12.5. The number of pyridine rings is 1. The molecule has 0 unspecified atom stereocenters. The van der Waals surface area contributed by atoms with Gasteiger partial charge in [0.1, 0.15) is 11.4 Å². The third-order valence-corrected chi connectivity index (χ3v) is 4.83. The molecule has 1 aliphatic rings. The van der Waals surface area contributed by atoms with Crippen LogP contribution in [0.4, 0.5) is 5.69 Å². The molecule has 3 heterocycles. The average Bonchev–Trinajstić information content (AvgIpc) is 2.88. The van der Waals surface area contributed by atoms with Crippen molar-refractivity contribution in [1.82, 2.24) is 14.8 Å². The summed E-state index contributed by atoms with van der Waals surface area (Å²) in [7, 11) is 0. The number of hydrogen-bond acceptors (Lipinski definition) is 5. The molecule has 6 heteroatoms. The lowest BCUT2D eigenvalue weighted by Crippen LogP contribution is -1.98. The van der Waals surface area contributed by atoms with Gasteiger partial charge in [0.25, 0.3) is 0 Å². The van der Waals surface area contributed by atoms with E-state index in [2.05, 4.69) is 17.1 Å². The second-order valence-electron chi connectivity index (χ2n) is 4.94. The van der Waals surface area contributed by atoms with Crippen LogP contribution in [0.2, 0.25) is 0 Å². The molecule has 0 saturated heterocycles. The molecule has 2 aromatic heterocycles. The minimum absolute atomic E-state index is 0.479. The zero-order chi connectivity index (χ0) is 14.4. The molecule has 3 aromatic rings. The van der Waals surface area contributed by atoms with E-state index in [-0.39, 0.29) is 0 Å². The summed E-state index contributed by atoms with van der Waals surface area (Å²) in [5.41, 5.74) is 3.46. The number of benzene rings is 1. The van der Waals surface area contributed by atoms with Crippen molar-refractivity contribution in [2.45, 2.75) is 29.7 Å². The third kappa shape index (κ3) is 1.72. The minimum atomic E-state index is 0.479. The summed E-state index contributed by atoms with van der Waals surface area (Å²) >= 11 is 1.57. The number of aryl methyl sites for hydroxylation is 1. The fourth-order valence-electron chi connectivity index (χ4n) is 2.73. The van der Waals surface area contributed by atoms with Gasteiger partial charge in [-0.25, -0.2) is 0 Å². The summed E-state index contributed by atoms with van der Waals surface area (Å²) in [6, 6.07) is 5.67. The SMILES string of the molecule is CCCn1nc2c3c(c(N=O)ccc31)Sc1ccncc1-2. The molecule has 0 aliphatic carbocycles. The molecule has 0 bridgehead atoms. The van der Waals surface area contributed by atoms with Crippen LogP contribution in [0.1, 0.15) is 13.3 Å². The van der Waals surface area contributed by atoms with Gasteiger partial charge < -0.3 is 0 Å². The van der Waals surface area contributed by atoms with Gasteiger partial charge in [-0.05, 0) is 29.8 Å². The number of aromatic nitrogens is 3. The monoisotopic (exact) mass is 296 g/mol. The fourth-order valence-corrected chi connectivity index (χ4v) is 3.86. The Hall–Kier alpha value is -2.21. The smallest absolute Gasteiger partial charge is 0.122 e. The highest BCUT2D eigenvalue weighted by molar-refractivity contribution is 8.00. The van der Waals surface area contributed by atoms with E-state index < -0.39 is 0 Å². The third-order valence-electron chi connectivity index (χ3n) is 3.63. The Balaban J connectivity index is 2.12. The molecule has 0 fully saturated rings. The van der Waals surface area contributed by atoms with E-state index in [0.717, 1.165) is 44.9 Å². The van der Waals surface area contributed by atoms with Crippen molar-refractivity contribution in [2.24, 2.45) is 5.18 Å². The maximum Gasteiger partial charge on any atom is 0.122 e. The van der Waals surface area contributed by atoms with E-state index in [4.69, 9.17) is 5.10 Å². The van der Waals surface area contributed by atoms with E-state index in [9.17, 15) is 4.91 Å². The molecular weight excluding hydrogens is 284 g/mol. The molecule has 0 radical (unpaired) electrons. The van der Waals surface area contributed by atoms with Crippen LogP contribution in [-0.2, 0) is 6.54 Å². The van der Waals surface area contributed by atoms with E-state index in [1.54, 1.807) is 24.0 Å². The molecule has 1 aromatic carbocycles.